The van der Waals surface area contributed by atoms with Crippen LogP contribution in [0.5, 0.6) is 0 Å². The lowest BCUT2D eigenvalue weighted by Crippen LogP contribution is -2.38. The molecule has 0 aliphatic rings. The van der Waals surface area contributed by atoms with Crippen LogP contribution in [0, 0.1) is 0 Å². The van der Waals surface area contributed by atoms with Crippen LogP contribution in [0.15, 0.2) is 30.9 Å². The highest BCUT2D eigenvalue weighted by molar-refractivity contribution is 5.92. The molecule has 2 heterocycles. The van der Waals surface area contributed by atoms with Gasteiger partial charge in [0.2, 0.25) is 0 Å². The minimum Gasteiger partial charge on any atom is -0.342 e. The third-order valence-corrected chi connectivity index (χ3v) is 3.43. The van der Waals surface area contributed by atoms with Gasteiger partial charge in [-0.3, -0.25) is 4.68 Å². The van der Waals surface area contributed by atoms with Crippen LogP contribution in [0.2, 0.25) is 0 Å². The zero-order chi connectivity index (χ0) is 16.2. The van der Waals surface area contributed by atoms with E-state index in [9.17, 15) is 4.79 Å². The zero-order valence-corrected chi connectivity index (χ0v) is 13.1. The molecule has 1 aromatic carbocycles. The van der Waals surface area contributed by atoms with Gasteiger partial charge >= 0.3 is 6.03 Å². The molecule has 23 heavy (non-hydrogen) atoms. The van der Waals surface area contributed by atoms with E-state index < -0.39 is 0 Å². The molecule has 3 N–H and O–H groups in total. The largest absolute Gasteiger partial charge is 0.342 e. The number of rotatable bonds is 5. The average Bonchev–Trinajstić information content (AvgIpc) is 3.15. The molecule has 0 spiro atoms. The summed E-state index contributed by atoms with van der Waals surface area (Å²) in [5.41, 5.74) is 2.52. The van der Waals surface area contributed by atoms with Gasteiger partial charge in [-0.15, -0.1) is 0 Å². The first kappa shape index (κ1) is 15.0. The third-order valence-electron chi connectivity index (χ3n) is 3.43. The Hall–Kier alpha value is -2.90. The molecule has 3 rings (SSSR count). The number of fused-ring (bicyclic) bond motifs is 1. The van der Waals surface area contributed by atoms with Gasteiger partial charge in [0.1, 0.15) is 18.5 Å². The molecule has 2 amide bonds. The number of aryl methyl sites for hydroxylation is 1. The Morgan fingerprint density at radius 2 is 2.30 bits per heavy atom. The van der Waals surface area contributed by atoms with E-state index in [0.717, 1.165) is 23.3 Å². The number of hydrogen-bond acceptors (Lipinski definition) is 4. The normalized spacial score (nSPS) is 12.3. The predicted octanol–water partition coefficient (Wildman–Crippen LogP) is 1.93. The van der Waals surface area contributed by atoms with E-state index in [2.05, 4.69) is 30.7 Å². The number of carbonyl (C=O) groups is 1. The smallest absolute Gasteiger partial charge is 0.319 e. The van der Waals surface area contributed by atoms with Crippen LogP contribution in [0.4, 0.5) is 10.5 Å². The number of aromatic amines is 1. The van der Waals surface area contributed by atoms with Crippen LogP contribution in [-0.2, 0) is 13.0 Å². The molecule has 0 bridgehead atoms. The van der Waals surface area contributed by atoms with Crippen LogP contribution >= 0.6 is 0 Å². The summed E-state index contributed by atoms with van der Waals surface area (Å²) in [6.45, 7) is 4.51. The van der Waals surface area contributed by atoms with E-state index in [1.807, 2.05) is 32.0 Å². The topological polar surface area (TPSA) is 101 Å². The molecule has 0 aliphatic heterocycles. The second-order valence-corrected chi connectivity index (χ2v) is 5.39. The van der Waals surface area contributed by atoms with Gasteiger partial charge in [-0.1, -0.05) is 6.92 Å². The molecule has 0 radical (unpaired) electrons. The minimum absolute atomic E-state index is 0.0701. The van der Waals surface area contributed by atoms with E-state index in [-0.39, 0.29) is 12.1 Å². The minimum atomic E-state index is -0.257. The number of imidazole rings is 1. The summed E-state index contributed by atoms with van der Waals surface area (Å²) in [5.74, 6) is 0.933. The SMILES string of the molecule is CCc1nc2ccc(NC(=O)N[C@H](C)Cn3cncn3)cc2[nH]1. The van der Waals surface area contributed by atoms with Gasteiger partial charge < -0.3 is 15.6 Å². The van der Waals surface area contributed by atoms with E-state index >= 15 is 0 Å². The summed E-state index contributed by atoms with van der Waals surface area (Å²) in [5, 5.41) is 9.71. The van der Waals surface area contributed by atoms with Crippen molar-refractivity contribution in [3.8, 4) is 0 Å². The van der Waals surface area contributed by atoms with Gasteiger partial charge in [0.05, 0.1) is 17.6 Å². The number of nitrogens with one attached hydrogen (secondary N) is 3. The molecule has 8 nitrogen and oxygen atoms in total. The molecule has 0 saturated carbocycles. The summed E-state index contributed by atoms with van der Waals surface area (Å²) in [6.07, 6.45) is 3.93. The van der Waals surface area contributed by atoms with Gasteiger partial charge in [0.15, 0.2) is 0 Å². The number of aromatic nitrogens is 5. The van der Waals surface area contributed by atoms with Crippen LogP contribution in [0.3, 0.4) is 0 Å². The van der Waals surface area contributed by atoms with Crippen molar-refractivity contribution < 1.29 is 4.79 Å². The Labute approximate surface area is 133 Å². The average molecular weight is 313 g/mol. The van der Waals surface area contributed by atoms with Crippen molar-refractivity contribution in [2.24, 2.45) is 0 Å². The predicted molar refractivity (Wildman–Crippen MR) is 87.1 cm³/mol. The molecular formula is C15H19N7O. The number of benzene rings is 1. The fourth-order valence-corrected chi connectivity index (χ4v) is 2.35. The molecule has 120 valence electrons. The summed E-state index contributed by atoms with van der Waals surface area (Å²) in [4.78, 5) is 23.6. The van der Waals surface area contributed by atoms with Crippen molar-refractivity contribution in [2.75, 3.05) is 5.32 Å². The van der Waals surface area contributed by atoms with Gasteiger partial charge in [0.25, 0.3) is 0 Å². The maximum Gasteiger partial charge on any atom is 0.319 e. The lowest BCUT2D eigenvalue weighted by Gasteiger charge is -2.14. The lowest BCUT2D eigenvalue weighted by molar-refractivity contribution is 0.247. The van der Waals surface area contributed by atoms with E-state index in [1.54, 1.807) is 11.0 Å². The van der Waals surface area contributed by atoms with Crippen molar-refractivity contribution in [1.82, 2.24) is 30.0 Å². The maximum absolute atomic E-state index is 12.1. The maximum atomic E-state index is 12.1. The molecule has 0 saturated heterocycles. The highest BCUT2D eigenvalue weighted by atomic mass is 16.2. The standard InChI is InChI=1S/C15H19N7O/c1-3-14-20-12-5-4-11(6-13(12)21-14)19-15(23)18-10(2)7-22-9-16-8-17-22/h4-6,8-10H,3,7H2,1-2H3,(H,20,21)(H2,18,19,23)/t10-/m1/s1. The Morgan fingerprint density at radius 3 is 3.04 bits per heavy atom. The Balaban J connectivity index is 1.60. The van der Waals surface area contributed by atoms with E-state index in [1.165, 1.54) is 6.33 Å². The highest BCUT2D eigenvalue weighted by Crippen LogP contribution is 2.17. The van der Waals surface area contributed by atoms with Crippen molar-refractivity contribution in [3.05, 3.63) is 36.7 Å². The monoisotopic (exact) mass is 313 g/mol. The lowest BCUT2D eigenvalue weighted by atomic mass is 10.3. The second-order valence-electron chi connectivity index (χ2n) is 5.39. The van der Waals surface area contributed by atoms with Gasteiger partial charge in [-0.05, 0) is 25.1 Å². The van der Waals surface area contributed by atoms with E-state index in [0.29, 0.717) is 12.2 Å². The zero-order valence-electron chi connectivity index (χ0n) is 13.1. The van der Waals surface area contributed by atoms with Crippen LogP contribution < -0.4 is 10.6 Å². The number of H-pyrrole nitrogens is 1. The molecule has 2 aromatic heterocycles. The number of nitrogens with zero attached hydrogens (tertiary/aromatic N) is 4. The third kappa shape index (κ3) is 3.65. The highest BCUT2D eigenvalue weighted by Gasteiger charge is 2.09. The van der Waals surface area contributed by atoms with Crippen molar-refractivity contribution in [1.29, 1.82) is 0 Å². The summed E-state index contributed by atoms with van der Waals surface area (Å²) >= 11 is 0. The van der Waals surface area contributed by atoms with Crippen molar-refractivity contribution >= 4 is 22.8 Å². The van der Waals surface area contributed by atoms with Gasteiger partial charge in [-0.25, -0.2) is 14.8 Å². The number of hydrogen-bond donors (Lipinski definition) is 3. The van der Waals surface area contributed by atoms with Crippen molar-refractivity contribution in [2.45, 2.75) is 32.9 Å². The Kier molecular flexibility index (Phi) is 4.22. The molecule has 0 unspecified atom stereocenters. The quantitative estimate of drug-likeness (QED) is 0.670. The number of carbonyl (C=O) groups excluding carboxylic acids is 1. The fraction of sp³-hybridized carbons (Fsp3) is 0.333. The molecule has 3 aromatic rings. The number of amides is 2. The fourth-order valence-electron chi connectivity index (χ4n) is 2.35. The first-order chi connectivity index (χ1) is 11.1. The van der Waals surface area contributed by atoms with Gasteiger partial charge in [0, 0.05) is 18.2 Å². The molecule has 1 atom stereocenters. The van der Waals surface area contributed by atoms with Gasteiger partial charge in [-0.2, -0.15) is 5.10 Å². The van der Waals surface area contributed by atoms with Crippen LogP contribution in [0.25, 0.3) is 11.0 Å². The molecular weight excluding hydrogens is 294 g/mol. The Bertz CT molecular complexity index is 793. The first-order valence-corrected chi connectivity index (χ1v) is 7.52. The molecule has 8 heteroatoms. The summed E-state index contributed by atoms with van der Waals surface area (Å²) in [6, 6.07) is 5.28. The number of anilines is 1. The van der Waals surface area contributed by atoms with Crippen molar-refractivity contribution in [3.63, 3.8) is 0 Å². The summed E-state index contributed by atoms with van der Waals surface area (Å²) < 4.78 is 1.67. The molecule has 0 aliphatic carbocycles. The van der Waals surface area contributed by atoms with Crippen LogP contribution in [0.1, 0.15) is 19.7 Å². The van der Waals surface area contributed by atoms with Crippen LogP contribution in [-0.4, -0.2) is 36.8 Å². The Morgan fingerprint density at radius 1 is 1.43 bits per heavy atom. The second kappa shape index (κ2) is 6.47. The summed E-state index contributed by atoms with van der Waals surface area (Å²) in [7, 11) is 0. The number of urea groups is 1. The molecule has 0 fully saturated rings. The first-order valence-electron chi connectivity index (χ1n) is 7.52. The van der Waals surface area contributed by atoms with E-state index in [4.69, 9.17) is 0 Å².